The summed E-state index contributed by atoms with van der Waals surface area (Å²) in [4.78, 5) is 0. The fraction of sp³-hybridized carbons (Fsp3) is 0.500. The summed E-state index contributed by atoms with van der Waals surface area (Å²) in [5.41, 5.74) is 6.55. The van der Waals surface area contributed by atoms with E-state index in [1.54, 1.807) is 20.3 Å². The molecule has 0 unspecified atom stereocenters. The molecule has 0 atom stereocenters. The van der Waals surface area contributed by atoms with Crippen LogP contribution in [0.4, 0.5) is 0 Å². The van der Waals surface area contributed by atoms with E-state index < -0.39 is 5.79 Å². The van der Waals surface area contributed by atoms with Gasteiger partial charge >= 0.3 is 0 Å². The molecule has 1 aromatic carbocycles. The van der Waals surface area contributed by atoms with Gasteiger partial charge in [0.15, 0.2) is 0 Å². The number of rotatable bonds is 4. The number of benzene rings is 1. The second kappa shape index (κ2) is 4.91. The molecule has 1 heterocycles. The summed E-state index contributed by atoms with van der Waals surface area (Å²) >= 11 is 0. The van der Waals surface area contributed by atoms with E-state index in [1.165, 1.54) is 0 Å². The Kier molecular flexibility index (Phi) is 3.51. The SMILES string of the molecule is COc1ccc(C2(CN)OCCO2)c(OC)c1. The van der Waals surface area contributed by atoms with Gasteiger partial charge in [0.1, 0.15) is 11.5 Å². The summed E-state index contributed by atoms with van der Waals surface area (Å²) in [6.45, 7) is 1.31. The van der Waals surface area contributed by atoms with Crippen molar-refractivity contribution in [3.8, 4) is 11.5 Å². The quantitative estimate of drug-likeness (QED) is 0.844. The second-order valence-corrected chi connectivity index (χ2v) is 3.72. The van der Waals surface area contributed by atoms with Gasteiger partial charge in [-0.2, -0.15) is 0 Å². The molecule has 0 amide bonds. The standard InChI is InChI=1S/C12H17NO4/c1-14-9-3-4-10(11(7-9)15-2)12(8-13)16-5-6-17-12/h3-4,7H,5-6,8,13H2,1-2H3. The van der Waals surface area contributed by atoms with Crippen LogP contribution in [0.1, 0.15) is 5.56 Å². The molecule has 5 nitrogen and oxygen atoms in total. The first-order chi connectivity index (χ1) is 8.25. The second-order valence-electron chi connectivity index (χ2n) is 3.72. The van der Waals surface area contributed by atoms with Crippen LogP contribution in [0.15, 0.2) is 18.2 Å². The van der Waals surface area contributed by atoms with Crippen molar-refractivity contribution < 1.29 is 18.9 Å². The van der Waals surface area contributed by atoms with Gasteiger partial charge in [-0.15, -0.1) is 0 Å². The highest BCUT2D eigenvalue weighted by Crippen LogP contribution is 2.38. The molecule has 2 rings (SSSR count). The van der Waals surface area contributed by atoms with Crippen molar-refractivity contribution in [3.63, 3.8) is 0 Å². The van der Waals surface area contributed by atoms with Gasteiger partial charge in [-0.3, -0.25) is 0 Å². The molecule has 1 fully saturated rings. The van der Waals surface area contributed by atoms with Crippen molar-refractivity contribution in [2.24, 2.45) is 5.73 Å². The Morgan fingerprint density at radius 1 is 1.24 bits per heavy atom. The molecule has 0 aliphatic carbocycles. The maximum absolute atomic E-state index is 5.76. The van der Waals surface area contributed by atoms with Gasteiger partial charge in [0.05, 0.1) is 39.5 Å². The Bertz CT molecular complexity index is 388. The van der Waals surface area contributed by atoms with Crippen molar-refractivity contribution in [1.82, 2.24) is 0 Å². The summed E-state index contributed by atoms with van der Waals surface area (Å²) in [6.07, 6.45) is 0. The fourth-order valence-corrected chi connectivity index (χ4v) is 1.95. The van der Waals surface area contributed by atoms with E-state index in [0.29, 0.717) is 19.0 Å². The third kappa shape index (κ3) is 2.09. The summed E-state index contributed by atoms with van der Waals surface area (Å²) in [6, 6.07) is 5.48. The molecule has 0 bridgehead atoms. The van der Waals surface area contributed by atoms with Crippen LogP contribution in [0.2, 0.25) is 0 Å². The molecule has 1 aromatic rings. The molecular formula is C12H17NO4. The average molecular weight is 239 g/mol. The first-order valence-electron chi connectivity index (χ1n) is 5.46. The van der Waals surface area contributed by atoms with Crippen LogP contribution in [0.3, 0.4) is 0 Å². The molecule has 0 aromatic heterocycles. The van der Waals surface area contributed by atoms with E-state index in [9.17, 15) is 0 Å². The maximum Gasteiger partial charge on any atom is 0.211 e. The van der Waals surface area contributed by atoms with E-state index in [-0.39, 0.29) is 6.54 Å². The third-order valence-corrected chi connectivity index (χ3v) is 2.84. The summed E-state index contributed by atoms with van der Waals surface area (Å²) in [7, 11) is 3.20. The van der Waals surface area contributed by atoms with Crippen molar-refractivity contribution >= 4 is 0 Å². The van der Waals surface area contributed by atoms with E-state index >= 15 is 0 Å². The Morgan fingerprint density at radius 3 is 2.47 bits per heavy atom. The molecular weight excluding hydrogens is 222 g/mol. The van der Waals surface area contributed by atoms with Crippen LogP contribution in [0.5, 0.6) is 11.5 Å². The molecule has 0 spiro atoms. The number of nitrogens with two attached hydrogens (primary N) is 1. The zero-order chi connectivity index (χ0) is 12.3. The Balaban J connectivity index is 2.42. The van der Waals surface area contributed by atoms with Crippen LogP contribution in [0.25, 0.3) is 0 Å². The fourth-order valence-electron chi connectivity index (χ4n) is 1.95. The summed E-state index contributed by atoms with van der Waals surface area (Å²) < 4.78 is 21.7. The Labute approximate surface area is 100 Å². The molecule has 1 aliphatic heterocycles. The molecule has 1 saturated heterocycles. The Morgan fingerprint density at radius 2 is 1.94 bits per heavy atom. The summed E-state index contributed by atoms with van der Waals surface area (Å²) in [5.74, 6) is 0.477. The number of methoxy groups -OCH3 is 2. The van der Waals surface area contributed by atoms with Crippen LogP contribution >= 0.6 is 0 Å². The van der Waals surface area contributed by atoms with E-state index in [1.807, 2.05) is 12.1 Å². The monoisotopic (exact) mass is 239 g/mol. The highest BCUT2D eigenvalue weighted by Gasteiger charge is 2.39. The van der Waals surface area contributed by atoms with Gasteiger partial charge in [-0.1, -0.05) is 0 Å². The minimum atomic E-state index is -0.891. The highest BCUT2D eigenvalue weighted by atomic mass is 16.7. The zero-order valence-electron chi connectivity index (χ0n) is 10.1. The molecule has 1 aliphatic rings. The predicted molar refractivity (Wildman–Crippen MR) is 62.2 cm³/mol. The number of hydrogen-bond donors (Lipinski definition) is 1. The van der Waals surface area contributed by atoms with Gasteiger partial charge < -0.3 is 24.7 Å². The van der Waals surface area contributed by atoms with Gasteiger partial charge in [-0.05, 0) is 12.1 Å². The topological polar surface area (TPSA) is 62.9 Å². The van der Waals surface area contributed by atoms with E-state index in [4.69, 9.17) is 24.7 Å². The lowest BCUT2D eigenvalue weighted by Gasteiger charge is -2.27. The molecule has 5 heteroatoms. The number of ether oxygens (including phenoxy) is 4. The number of hydrogen-bond acceptors (Lipinski definition) is 5. The van der Waals surface area contributed by atoms with Crippen molar-refractivity contribution in [3.05, 3.63) is 23.8 Å². The lowest BCUT2D eigenvalue weighted by molar-refractivity contribution is -0.157. The third-order valence-electron chi connectivity index (χ3n) is 2.84. The molecule has 94 valence electrons. The lowest BCUT2D eigenvalue weighted by Crippen LogP contribution is -2.36. The minimum Gasteiger partial charge on any atom is -0.497 e. The maximum atomic E-state index is 5.76. The first kappa shape index (κ1) is 12.2. The van der Waals surface area contributed by atoms with Crippen LogP contribution in [-0.2, 0) is 15.3 Å². The van der Waals surface area contributed by atoms with Gasteiger partial charge in [-0.25, -0.2) is 0 Å². The first-order valence-corrected chi connectivity index (χ1v) is 5.46. The Hall–Kier alpha value is -1.30. The zero-order valence-corrected chi connectivity index (χ0v) is 10.1. The van der Waals surface area contributed by atoms with Crippen LogP contribution in [-0.4, -0.2) is 34.0 Å². The molecule has 17 heavy (non-hydrogen) atoms. The average Bonchev–Trinajstić information content (AvgIpc) is 2.87. The van der Waals surface area contributed by atoms with Gasteiger partial charge in [0, 0.05) is 6.07 Å². The largest absolute Gasteiger partial charge is 0.497 e. The van der Waals surface area contributed by atoms with Gasteiger partial charge in [0.2, 0.25) is 5.79 Å². The van der Waals surface area contributed by atoms with E-state index in [2.05, 4.69) is 0 Å². The lowest BCUT2D eigenvalue weighted by atomic mass is 10.0. The van der Waals surface area contributed by atoms with Gasteiger partial charge in [0.25, 0.3) is 0 Å². The highest BCUT2D eigenvalue weighted by molar-refractivity contribution is 5.43. The smallest absolute Gasteiger partial charge is 0.211 e. The predicted octanol–water partition coefficient (Wildman–Crippen LogP) is 0.862. The van der Waals surface area contributed by atoms with Crippen molar-refractivity contribution in [2.75, 3.05) is 34.0 Å². The van der Waals surface area contributed by atoms with Crippen LogP contribution in [0, 0.1) is 0 Å². The van der Waals surface area contributed by atoms with E-state index in [0.717, 1.165) is 11.3 Å². The molecule has 0 saturated carbocycles. The molecule has 2 N–H and O–H groups in total. The normalized spacial score (nSPS) is 18.1. The van der Waals surface area contributed by atoms with Crippen molar-refractivity contribution in [2.45, 2.75) is 5.79 Å². The molecule has 0 radical (unpaired) electrons. The van der Waals surface area contributed by atoms with Crippen molar-refractivity contribution in [1.29, 1.82) is 0 Å². The summed E-state index contributed by atoms with van der Waals surface area (Å²) in [5, 5.41) is 0. The van der Waals surface area contributed by atoms with Crippen LogP contribution < -0.4 is 15.2 Å². The minimum absolute atomic E-state index is 0.246.